The summed E-state index contributed by atoms with van der Waals surface area (Å²) in [6.45, 7) is 6.20. The number of hydrogen-bond donors (Lipinski definition) is 3. The van der Waals surface area contributed by atoms with Crippen LogP contribution in [0.3, 0.4) is 0 Å². The molecule has 2 atom stereocenters. The standard InChI is InChI=1S/C31H37N5O4S2/c1-21(27-10-8-12-30(33-4)35-27)36(42(5,38)39)24-13-14-28(22(15-24)17-32)40-19-25(37)18-34-31(2,3)16-23-20-41-29-11-7-6-9-26(23)29/h6-15,20-21,25,34,37H,16,18-19H2,1-5H3,(H,33,35)/t21?,25-/m1/s1. The van der Waals surface area contributed by atoms with Gasteiger partial charge in [-0.25, -0.2) is 13.4 Å². The first kappa shape index (κ1) is 31.3. The fourth-order valence-electron chi connectivity index (χ4n) is 4.86. The lowest BCUT2D eigenvalue weighted by molar-refractivity contribution is 0.0987. The lowest BCUT2D eigenvalue weighted by Gasteiger charge is -2.29. The summed E-state index contributed by atoms with van der Waals surface area (Å²) in [5.74, 6) is 0.881. The molecule has 0 aliphatic rings. The second kappa shape index (κ2) is 13.1. The number of aliphatic hydroxyl groups is 1. The molecule has 0 aliphatic heterocycles. The highest BCUT2D eigenvalue weighted by Gasteiger charge is 2.27. The number of ether oxygens (including phenoxy) is 1. The molecule has 1 unspecified atom stereocenters. The summed E-state index contributed by atoms with van der Waals surface area (Å²) >= 11 is 1.73. The molecule has 0 fully saturated rings. The molecule has 42 heavy (non-hydrogen) atoms. The van der Waals surface area contributed by atoms with E-state index in [9.17, 15) is 18.8 Å². The smallest absolute Gasteiger partial charge is 0.232 e. The Hall–Kier alpha value is -3.69. The van der Waals surface area contributed by atoms with E-state index in [4.69, 9.17) is 4.74 Å². The van der Waals surface area contributed by atoms with Gasteiger partial charge < -0.3 is 20.5 Å². The maximum absolute atomic E-state index is 12.8. The SMILES string of the molecule is CNc1cccc(C(C)N(c2ccc(OC[C@H](O)CNC(C)(C)Cc3csc4ccccc34)c(C#N)c2)S(C)(=O)=O)n1. The molecule has 0 aliphatic carbocycles. The fraction of sp³-hybridized carbons (Fsp3) is 0.355. The minimum absolute atomic E-state index is 0.0363. The summed E-state index contributed by atoms with van der Waals surface area (Å²) < 4.78 is 34.0. The van der Waals surface area contributed by atoms with Gasteiger partial charge >= 0.3 is 0 Å². The number of thiophene rings is 1. The van der Waals surface area contributed by atoms with Gasteiger partial charge in [0.1, 0.15) is 30.3 Å². The van der Waals surface area contributed by atoms with Crippen molar-refractivity contribution < 1.29 is 18.3 Å². The van der Waals surface area contributed by atoms with E-state index < -0.39 is 22.2 Å². The van der Waals surface area contributed by atoms with E-state index in [0.29, 0.717) is 23.7 Å². The van der Waals surface area contributed by atoms with E-state index in [-0.39, 0.29) is 23.5 Å². The summed E-state index contributed by atoms with van der Waals surface area (Å²) in [5, 5.41) is 30.3. The zero-order valence-electron chi connectivity index (χ0n) is 24.5. The molecular weight excluding hydrogens is 571 g/mol. The zero-order valence-corrected chi connectivity index (χ0v) is 26.1. The molecule has 4 aromatic rings. The number of nitrogens with one attached hydrogen (secondary N) is 2. The maximum atomic E-state index is 12.8. The highest BCUT2D eigenvalue weighted by molar-refractivity contribution is 7.92. The summed E-state index contributed by atoms with van der Waals surface area (Å²) in [4.78, 5) is 4.49. The van der Waals surface area contributed by atoms with Crippen LogP contribution < -0.4 is 19.7 Å². The second-order valence-corrected chi connectivity index (χ2v) is 13.7. The van der Waals surface area contributed by atoms with Gasteiger partial charge in [-0.2, -0.15) is 5.26 Å². The molecule has 0 saturated heterocycles. The average Bonchev–Trinajstić information content (AvgIpc) is 3.36. The zero-order chi connectivity index (χ0) is 30.5. The summed E-state index contributed by atoms with van der Waals surface area (Å²) in [5.41, 5.74) is 2.03. The first-order valence-corrected chi connectivity index (χ1v) is 16.3. The Bertz CT molecular complexity index is 1680. The minimum Gasteiger partial charge on any atom is -0.489 e. The third-order valence-electron chi connectivity index (χ3n) is 6.94. The Morgan fingerprint density at radius 2 is 1.93 bits per heavy atom. The van der Waals surface area contributed by atoms with Crippen LogP contribution in [0.4, 0.5) is 11.5 Å². The van der Waals surface area contributed by atoms with Crippen LogP contribution in [0.15, 0.2) is 66.0 Å². The van der Waals surface area contributed by atoms with Gasteiger partial charge in [0.05, 0.1) is 29.2 Å². The number of anilines is 2. The van der Waals surface area contributed by atoms with E-state index in [1.54, 1.807) is 55.6 Å². The van der Waals surface area contributed by atoms with Crippen molar-refractivity contribution in [1.82, 2.24) is 10.3 Å². The molecule has 2 heterocycles. The number of hydrogen-bond acceptors (Lipinski definition) is 9. The molecule has 2 aromatic heterocycles. The first-order valence-electron chi connectivity index (χ1n) is 13.6. The van der Waals surface area contributed by atoms with Gasteiger partial charge in [-0.3, -0.25) is 4.31 Å². The Balaban J connectivity index is 1.41. The molecule has 0 saturated carbocycles. The molecule has 9 nitrogen and oxygen atoms in total. The maximum Gasteiger partial charge on any atom is 0.232 e. The Labute approximate surface area is 251 Å². The normalized spacial score (nSPS) is 13.4. The van der Waals surface area contributed by atoms with Crippen molar-refractivity contribution in [3.05, 3.63) is 82.9 Å². The molecule has 0 bridgehead atoms. The number of benzene rings is 2. The van der Waals surface area contributed by atoms with Crippen LogP contribution in [0, 0.1) is 11.3 Å². The Morgan fingerprint density at radius 1 is 1.17 bits per heavy atom. The van der Waals surface area contributed by atoms with Gasteiger partial charge in [0, 0.05) is 23.8 Å². The van der Waals surface area contributed by atoms with E-state index in [1.807, 2.05) is 12.1 Å². The second-order valence-electron chi connectivity index (χ2n) is 10.9. The molecule has 0 amide bonds. The van der Waals surface area contributed by atoms with Crippen LogP contribution in [-0.2, 0) is 16.4 Å². The van der Waals surface area contributed by atoms with Gasteiger partial charge in [0.25, 0.3) is 0 Å². The molecule has 2 aromatic carbocycles. The van der Waals surface area contributed by atoms with Crippen LogP contribution in [0.2, 0.25) is 0 Å². The number of β-amino-alcohol motifs (C(OH)–C–C–N with tert-alkyl or cyclic N) is 1. The molecule has 11 heteroatoms. The summed E-state index contributed by atoms with van der Waals surface area (Å²) in [6, 6.07) is 19.8. The lowest BCUT2D eigenvalue weighted by atomic mass is 9.94. The number of aromatic nitrogens is 1. The molecular formula is C31H37N5O4S2. The largest absolute Gasteiger partial charge is 0.489 e. The van der Waals surface area contributed by atoms with Crippen molar-refractivity contribution in [1.29, 1.82) is 5.26 Å². The number of aliphatic hydroxyl groups excluding tert-OH is 1. The quantitative estimate of drug-likeness (QED) is 0.192. The predicted molar refractivity (Wildman–Crippen MR) is 170 cm³/mol. The van der Waals surface area contributed by atoms with Gasteiger partial charge in [0.2, 0.25) is 10.0 Å². The Kier molecular flexibility index (Phi) is 9.74. The fourth-order valence-corrected chi connectivity index (χ4v) is 7.00. The third kappa shape index (κ3) is 7.57. The monoisotopic (exact) mass is 607 g/mol. The number of nitriles is 1. The van der Waals surface area contributed by atoms with Crippen molar-refractivity contribution >= 4 is 43.0 Å². The predicted octanol–water partition coefficient (Wildman–Crippen LogP) is 5.09. The van der Waals surface area contributed by atoms with Crippen LogP contribution in [0.5, 0.6) is 5.75 Å². The van der Waals surface area contributed by atoms with Crippen molar-refractivity contribution in [3.8, 4) is 11.8 Å². The lowest BCUT2D eigenvalue weighted by Crippen LogP contribution is -2.46. The van der Waals surface area contributed by atoms with Crippen molar-refractivity contribution in [2.24, 2.45) is 0 Å². The first-order chi connectivity index (χ1) is 19.9. The van der Waals surface area contributed by atoms with Crippen molar-refractivity contribution in [2.75, 3.05) is 36.1 Å². The highest BCUT2D eigenvalue weighted by atomic mass is 32.2. The number of pyridine rings is 1. The average molecular weight is 608 g/mol. The molecule has 3 N–H and O–H groups in total. The summed E-state index contributed by atoms with van der Waals surface area (Å²) in [7, 11) is -1.99. The summed E-state index contributed by atoms with van der Waals surface area (Å²) in [6.07, 6.45) is 1.09. The minimum atomic E-state index is -3.73. The number of rotatable bonds is 13. The van der Waals surface area contributed by atoms with Crippen molar-refractivity contribution in [3.63, 3.8) is 0 Å². The third-order valence-corrected chi connectivity index (χ3v) is 9.20. The molecule has 0 spiro atoms. The van der Waals surface area contributed by atoms with Crippen LogP contribution >= 0.6 is 11.3 Å². The van der Waals surface area contributed by atoms with E-state index in [0.717, 1.165) is 12.7 Å². The highest BCUT2D eigenvalue weighted by Crippen LogP contribution is 2.33. The number of nitrogens with zero attached hydrogens (tertiary/aromatic N) is 3. The topological polar surface area (TPSA) is 128 Å². The number of sulfonamides is 1. The van der Waals surface area contributed by atoms with Gasteiger partial charge in [-0.15, -0.1) is 11.3 Å². The molecule has 222 valence electrons. The van der Waals surface area contributed by atoms with Gasteiger partial charge in [0.15, 0.2) is 0 Å². The molecule has 4 rings (SSSR count). The van der Waals surface area contributed by atoms with Gasteiger partial charge in [-0.1, -0.05) is 24.3 Å². The van der Waals surface area contributed by atoms with Crippen LogP contribution in [0.25, 0.3) is 10.1 Å². The van der Waals surface area contributed by atoms with E-state index >= 15 is 0 Å². The van der Waals surface area contributed by atoms with Crippen molar-refractivity contribution in [2.45, 2.75) is 44.9 Å². The Morgan fingerprint density at radius 3 is 2.64 bits per heavy atom. The van der Waals surface area contributed by atoms with E-state index in [2.05, 4.69) is 53.0 Å². The van der Waals surface area contributed by atoms with E-state index in [1.165, 1.54) is 26.0 Å². The molecule has 0 radical (unpaired) electrons. The van der Waals surface area contributed by atoms with Gasteiger partial charge in [-0.05, 0) is 79.9 Å². The van der Waals surface area contributed by atoms with Crippen LogP contribution in [-0.4, -0.2) is 56.6 Å². The van der Waals surface area contributed by atoms with Crippen LogP contribution in [0.1, 0.15) is 43.6 Å². The number of fused-ring (bicyclic) bond motifs is 1.